The van der Waals surface area contributed by atoms with Crippen LogP contribution in [0, 0.1) is 5.82 Å². The van der Waals surface area contributed by atoms with Gasteiger partial charge in [0.15, 0.2) is 6.61 Å². The van der Waals surface area contributed by atoms with Gasteiger partial charge in [0.25, 0.3) is 5.91 Å². The average molecular weight is 456 g/mol. The number of H-pyrrole nitrogens is 1. The molecule has 3 aromatic carbocycles. The van der Waals surface area contributed by atoms with Crippen molar-refractivity contribution in [2.45, 2.75) is 6.42 Å². The van der Waals surface area contributed by atoms with Crippen LogP contribution in [-0.2, 0) is 11.2 Å². The maximum atomic E-state index is 13.5. The molecule has 0 radical (unpaired) electrons. The number of hydrogen-bond donors (Lipinski definition) is 2. The Labute approximate surface area is 194 Å². The molecule has 0 spiro atoms. The molecule has 0 atom stereocenters. The summed E-state index contributed by atoms with van der Waals surface area (Å²) in [4.78, 5) is 27.4. The van der Waals surface area contributed by atoms with Crippen LogP contribution >= 0.6 is 0 Å². The van der Waals surface area contributed by atoms with Gasteiger partial charge in [0, 0.05) is 41.2 Å². The third-order valence-electron chi connectivity index (χ3n) is 5.62. The minimum Gasteiger partial charge on any atom is -0.484 e. The summed E-state index contributed by atoms with van der Waals surface area (Å²) >= 11 is 0. The van der Waals surface area contributed by atoms with Crippen molar-refractivity contribution in [1.82, 2.24) is 10.3 Å². The molecule has 0 aliphatic heterocycles. The maximum absolute atomic E-state index is 13.5. The van der Waals surface area contributed by atoms with E-state index in [1.165, 1.54) is 18.2 Å². The van der Waals surface area contributed by atoms with Crippen LogP contribution in [0.1, 0.15) is 5.56 Å². The second-order valence-electron chi connectivity index (χ2n) is 7.90. The van der Waals surface area contributed by atoms with Crippen LogP contribution in [0.2, 0.25) is 0 Å². The molecule has 0 bridgehead atoms. The first-order valence-electron chi connectivity index (χ1n) is 10.9. The van der Waals surface area contributed by atoms with Crippen molar-refractivity contribution in [3.05, 3.63) is 101 Å². The van der Waals surface area contributed by atoms with Crippen LogP contribution in [0.4, 0.5) is 4.39 Å². The molecule has 2 N–H and O–H groups in total. The Hall–Kier alpha value is -4.39. The molecule has 2 aromatic heterocycles. The summed E-state index contributed by atoms with van der Waals surface area (Å²) in [7, 11) is 0. The molecule has 0 saturated carbocycles. The molecular weight excluding hydrogens is 435 g/mol. The average Bonchev–Trinajstić information content (AvgIpc) is 3.24. The molecule has 0 saturated heterocycles. The van der Waals surface area contributed by atoms with Crippen LogP contribution in [0.15, 0.2) is 88.2 Å². The molecule has 0 fully saturated rings. The lowest BCUT2D eigenvalue weighted by Crippen LogP contribution is -2.30. The Kier molecular flexibility index (Phi) is 5.82. The SMILES string of the molecule is O=C(COc1ccc2c(-c3ccccc3)cc(=O)oc2c1)NCCc1c[nH]c2ccc(F)cc12. The number of hydrogen-bond acceptors (Lipinski definition) is 4. The van der Waals surface area contributed by atoms with E-state index in [0.29, 0.717) is 24.3 Å². The molecular formula is C27H21FN2O4. The van der Waals surface area contributed by atoms with Gasteiger partial charge in [-0.15, -0.1) is 0 Å². The van der Waals surface area contributed by atoms with Crippen molar-refractivity contribution in [2.24, 2.45) is 0 Å². The van der Waals surface area contributed by atoms with Gasteiger partial charge in [-0.1, -0.05) is 30.3 Å². The Morgan fingerprint density at radius 3 is 2.71 bits per heavy atom. The van der Waals surface area contributed by atoms with Gasteiger partial charge in [-0.05, 0) is 53.4 Å². The molecule has 6 nitrogen and oxygen atoms in total. The Morgan fingerprint density at radius 1 is 1.00 bits per heavy atom. The molecule has 170 valence electrons. The van der Waals surface area contributed by atoms with E-state index in [1.807, 2.05) is 42.6 Å². The molecule has 0 aliphatic carbocycles. The predicted octanol–water partition coefficient (Wildman–Crippen LogP) is 4.82. The van der Waals surface area contributed by atoms with Gasteiger partial charge >= 0.3 is 5.63 Å². The molecule has 7 heteroatoms. The number of nitrogens with one attached hydrogen (secondary N) is 2. The Balaban J connectivity index is 1.22. The highest BCUT2D eigenvalue weighted by Crippen LogP contribution is 2.29. The standard InChI is InChI=1S/C27H21FN2O4/c28-19-6-9-24-23(12-19)18(15-30-24)10-11-29-26(31)16-33-20-7-8-21-22(17-4-2-1-3-5-17)14-27(32)34-25(21)13-20/h1-9,12-15,30H,10-11,16H2,(H,29,31). The zero-order chi connectivity index (χ0) is 23.5. The zero-order valence-electron chi connectivity index (χ0n) is 18.1. The maximum Gasteiger partial charge on any atom is 0.336 e. The van der Waals surface area contributed by atoms with Gasteiger partial charge in [0.1, 0.15) is 17.1 Å². The van der Waals surface area contributed by atoms with E-state index in [4.69, 9.17) is 9.15 Å². The van der Waals surface area contributed by atoms with E-state index < -0.39 is 5.63 Å². The van der Waals surface area contributed by atoms with E-state index in [-0.39, 0.29) is 18.3 Å². The fourth-order valence-corrected chi connectivity index (χ4v) is 3.98. The predicted molar refractivity (Wildman–Crippen MR) is 128 cm³/mol. The number of aromatic amines is 1. The number of ether oxygens (including phenoxy) is 1. The number of benzene rings is 3. The van der Waals surface area contributed by atoms with E-state index in [1.54, 1.807) is 18.2 Å². The molecule has 1 amide bonds. The topological polar surface area (TPSA) is 84.3 Å². The first kappa shape index (κ1) is 21.5. The molecule has 5 aromatic rings. The first-order chi connectivity index (χ1) is 16.6. The lowest BCUT2D eigenvalue weighted by atomic mass is 10.0. The van der Waals surface area contributed by atoms with Crippen molar-refractivity contribution >= 4 is 27.8 Å². The first-order valence-corrected chi connectivity index (χ1v) is 10.9. The smallest absolute Gasteiger partial charge is 0.336 e. The summed E-state index contributed by atoms with van der Waals surface area (Å²) in [5.41, 5.74) is 3.38. The van der Waals surface area contributed by atoms with Gasteiger partial charge in [0.05, 0.1) is 0 Å². The molecule has 34 heavy (non-hydrogen) atoms. The number of halogens is 1. The fraction of sp³-hybridized carbons (Fsp3) is 0.111. The number of rotatable bonds is 7. The summed E-state index contributed by atoms with van der Waals surface area (Å²) in [5, 5.41) is 4.38. The number of aromatic nitrogens is 1. The van der Waals surface area contributed by atoms with Gasteiger partial charge in [0.2, 0.25) is 0 Å². The highest BCUT2D eigenvalue weighted by atomic mass is 19.1. The quantitative estimate of drug-likeness (QED) is 0.344. The lowest BCUT2D eigenvalue weighted by molar-refractivity contribution is -0.123. The summed E-state index contributed by atoms with van der Waals surface area (Å²) in [6.07, 6.45) is 2.37. The molecule has 2 heterocycles. The van der Waals surface area contributed by atoms with E-state index in [2.05, 4.69) is 10.3 Å². The van der Waals surface area contributed by atoms with E-state index in [0.717, 1.165) is 33.0 Å². The highest BCUT2D eigenvalue weighted by Gasteiger charge is 2.11. The summed E-state index contributed by atoms with van der Waals surface area (Å²) in [6, 6.07) is 20.8. The van der Waals surface area contributed by atoms with Crippen molar-refractivity contribution < 1.29 is 18.3 Å². The summed E-state index contributed by atoms with van der Waals surface area (Å²) < 4.78 is 24.5. The number of carbonyl (C=O) groups is 1. The fourth-order valence-electron chi connectivity index (χ4n) is 3.98. The molecule has 0 unspecified atom stereocenters. The van der Waals surface area contributed by atoms with Gasteiger partial charge < -0.3 is 19.5 Å². The molecule has 0 aliphatic rings. The second-order valence-corrected chi connectivity index (χ2v) is 7.90. The number of carbonyl (C=O) groups excluding carboxylic acids is 1. The lowest BCUT2D eigenvalue weighted by Gasteiger charge is -2.09. The molecule has 5 rings (SSSR count). The third kappa shape index (κ3) is 4.54. The zero-order valence-corrected chi connectivity index (χ0v) is 18.1. The normalized spacial score (nSPS) is 11.1. The van der Waals surface area contributed by atoms with Gasteiger partial charge in [-0.3, -0.25) is 4.79 Å². The minimum atomic E-state index is -0.460. The minimum absolute atomic E-state index is 0.184. The van der Waals surface area contributed by atoms with Crippen molar-refractivity contribution in [2.75, 3.05) is 13.2 Å². The number of amides is 1. The van der Waals surface area contributed by atoms with E-state index in [9.17, 15) is 14.0 Å². The Morgan fingerprint density at radius 2 is 1.85 bits per heavy atom. The Bertz CT molecular complexity index is 1540. The summed E-state index contributed by atoms with van der Waals surface area (Å²) in [6.45, 7) is 0.204. The van der Waals surface area contributed by atoms with Crippen molar-refractivity contribution in [1.29, 1.82) is 0 Å². The van der Waals surface area contributed by atoms with Crippen molar-refractivity contribution in [3.8, 4) is 16.9 Å². The highest BCUT2D eigenvalue weighted by molar-refractivity contribution is 5.93. The van der Waals surface area contributed by atoms with Crippen LogP contribution in [0.3, 0.4) is 0 Å². The van der Waals surface area contributed by atoms with Gasteiger partial charge in [-0.25, -0.2) is 9.18 Å². The van der Waals surface area contributed by atoms with Crippen LogP contribution in [0.25, 0.3) is 33.0 Å². The number of fused-ring (bicyclic) bond motifs is 2. The monoisotopic (exact) mass is 456 g/mol. The van der Waals surface area contributed by atoms with Crippen LogP contribution in [-0.4, -0.2) is 24.0 Å². The largest absolute Gasteiger partial charge is 0.484 e. The van der Waals surface area contributed by atoms with Crippen molar-refractivity contribution in [3.63, 3.8) is 0 Å². The third-order valence-corrected chi connectivity index (χ3v) is 5.62. The van der Waals surface area contributed by atoms with Crippen LogP contribution < -0.4 is 15.7 Å². The second kappa shape index (κ2) is 9.23. The van der Waals surface area contributed by atoms with Crippen LogP contribution in [0.5, 0.6) is 5.75 Å². The van der Waals surface area contributed by atoms with E-state index >= 15 is 0 Å². The summed E-state index contributed by atoms with van der Waals surface area (Å²) in [5.74, 6) is -0.165. The van der Waals surface area contributed by atoms with Gasteiger partial charge in [-0.2, -0.15) is 0 Å².